The van der Waals surface area contributed by atoms with E-state index in [4.69, 9.17) is 0 Å². The Hall–Kier alpha value is -0.835. The maximum absolute atomic E-state index is 10.7. The fourth-order valence-corrected chi connectivity index (χ4v) is 0.754. The van der Waals surface area contributed by atoms with Crippen LogP contribution in [0.3, 0.4) is 0 Å². The molecule has 0 aromatic carbocycles. The lowest BCUT2D eigenvalue weighted by Crippen LogP contribution is -2.52. The predicted octanol–water partition coefficient (Wildman–Crippen LogP) is -1.21. The van der Waals surface area contributed by atoms with Crippen molar-refractivity contribution >= 4 is 18.5 Å². The fourth-order valence-electron chi connectivity index (χ4n) is 0.754. The van der Waals surface area contributed by atoms with Crippen LogP contribution in [0.5, 0.6) is 0 Å². The molecule has 0 aromatic rings. The molecule has 1 fully saturated rings. The molecule has 54 valence electrons. The molecule has 1 aliphatic heterocycles. The van der Waals surface area contributed by atoms with Gasteiger partial charge in [-0.1, -0.05) is 0 Å². The minimum Gasteiger partial charge on any atom is -0.471 e. The van der Waals surface area contributed by atoms with Crippen molar-refractivity contribution in [3.05, 3.63) is 0 Å². The van der Waals surface area contributed by atoms with Gasteiger partial charge in [0.15, 0.2) is 0 Å². The topological polar surface area (TPSA) is 55.4 Å². The van der Waals surface area contributed by atoms with Gasteiger partial charge in [-0.2, -0.15) is 0 Å². The SMILES string of the molecule is CC(=O)B1COC(=O)CN1. The van der Waals surface area contributed by atoms with E-state index >= 15 is 0 Å². The Bertz CT molecular complexity index is 160. The van der Waals surface area contributed by atoms with E-state index in [9.17, 15) is 9.59 Å². The number of hydrogen-bond donors (Lipinski definition) is 1. The van der Waals surface area contributed by atoms with Gasteiger partial charge in [0, 0.05) is 0 Å². The average molecular weight is 141 g/mol. The van der Waals surface area contributed by atoms with E-state index in [1.54, 1.807) is 0 Å². The minimum absolute atomic E-state index is 0.00694. The molecule has 0 atom stereocenters. The lowest BCUT2D eigenvalue weighted by Gasteiger charge is -2.17. The van der Waals surface area contributed by atoms with E-state index in [0.717, 1.165) is 0 Å². The normalized spacial score (nSPS) is 18.5. The molecule has 0 aromatic heterocycles. The molecule has 0 bridgehead atoms. The highest BCUT2D eigenvalue weighted by Crippen LogP contribution is 1.90. The summed E-state index contributed by atoms with van der Waals surface area (Å²) in [5.41, 5.74) is 0.00694. The Balaban J connectivity index is 2.40. The molecular weight excluding hydrogens is 133 g/mol. The number of nitrogens with one attached hydrogen (secondary N) is 1. The molecule has 10 heavy (non-hydrogen) atoms. The lowest BCUT2D eigenvalue weighted by atomic mass is 9.59. The zero-order valence-electron chi connectivity index (χ0n) is 5.72. The van der Waals surface area contributed by atoms with E-state index in [1.807, 2.05) is 0 Å². The van der Waals surface area contributed by atoms with Crippen LogP contribution < -0.4 is 5.23 Å². The Kier molecular flexibility index (Phi) is 2.06. The van der Waals surface area contributed by atoms with Crippen LogP contribution in [-0.4, -0.2) is 31.6 Å². The molecule has 1 rings (SSSR count). The van der Waals surface area contributed by atoms with Crippen LogP contribution in [-0.2, 0) is 14.3 Å². The van der Waals surface area contributed by atoms with Gasteiger partial charge >= 0.3 is 12.8 Å². The van der Waals surface area contributed by atoms with Gasteiger partial charge in [-0.3, -0.25) is 4.79 Å². The first-order valence-electron chi connectivity index (χ1n) is 3.09. The van der Waals surface area contributed by atoms with Crippen molar-refractivity contribution in [3.8, 4) is 0 Å². The molecule has 0 unspecified atom stereocenters. The zero-order chi connectivity index (χ0) is 7.56. The Morgan fingerprint density at radius 2 is 2.50 bits per heavy atom. The van der Waals surface area contributed by atoms with Crippen molar-refractivity contribution in [1.82, 2.24) is 5.23 Å². The van der Waals surface area contributed by atoms with E-state index < -0.39 is 0 Å². The summed E-state index contributed by atoms with van der Waals surface area (Å²) in [6, 6.07) is 0. The van der Waals surface area contributed by atoms with E-state index in [1.165, 1.54) is 6.92 Å². The third-order valence-electron chi connectivity index (χ3n) is 1.39. The van der Waals surface area contributed by atoms with Gasteiger partial charge in [-0.05, 0) is 6.92 Å². The van der Waals surface area contributed by atoms with E-state index in [0.29, 0.717) is 0 Å². The highest BCUT2D eigenvalue weighted by Gasteiger charge is 2.26. The monoisotopic (exact) mass is 141 g/mol. The number of ether oxygens (including phenoxy) is 1. The first-order chi connectivity index (χ1) is 4.70. The van der Waals surface area contributed by atoms with Gasteiger partial charge in [-0.15, -0.1) is 0 Å². The molecule has 1 aliphatic rings. The van der Waals surface area contributed by atoms with Crippen molar-refractivity contribution in [3.63, 3.8) is 0 Å². The Labute approximate surface area is 59.0 Å². The van der Waals surface area contributed by atoms with Crippen molar-refractivity contribution in [2.75, 3.05) is 13.1 Å². The Morgan fingerprint density at radius 3 is 2.90 bits per heavy atom. The Morgan fingerprint density at radius 1 is 1.80 bits per heavy atom. The largest absolute Gasteiger partial charge is 0.471 e. The maximum atomic E-state index is 10.7. The van der Waals surface area contributed by atoms with Gasteiger partial charge in [0.1, 0.15) is 5.68 Å². The second kappa shape index (κ2) is 2.83. The molecule has 0 amide bonds. The number of cyclic esters (lactones) is 1. The van der Waals surface area contributed by atoms with Crippen LogP contribution in [0.1, 0.15) is 6.92 Å². The second-order valence-corrected chi connectivity index (χ2v) is 2.23. The van der Waals surface area contributed by atoms with Crippen LogP contribution in [0.15, 0.2) is 0 Å². The average Bonchev–Trinajstić information content (AvgIpc) is 1.88. The van der Waals surface area contributed by atoms with Crippen molar-refractivity contribution in [2.45, 2.75) is 6.92 Å². The standard InChI is InChI=1S/C5H8BNO3/c1-4(8)6-3-10-5(9)2-7-6/h7H,2-3H2,1H3. The highest BCUT2D eigenvalue weighted by atomic mass is 16.5. The third-order valence-corrected chi connectivity index (χ3v) is 1.39. The van der Waals surface area contributed by atoms with Crippen molar-refractivity contribution in [2.24, 2.45) is 0 Å². The number of carbonyl (C=O) groups is 2. The van der Waals surface area contributed by atoms with Crippen LogP contribution in [0, 0.1) is 0 Å². The second-order valence-electron chi connectivity index (χ2n) is 2.23. The number of carbonyl (C=O) groups excluding carboxylic acids is 2. The minimum atomic E-state index is -0.294. The molecule has 0 radical (unpaired) electrons. The summed E-state index contributed by atoms with van der Waals surface area (Å²) in [5, 5.41) is 2.74. The maximum Gasteiger partial charge on any atom is 0.341 e. The molecule has 5 heteroatoms. The number of rotatable bonds is 1. The smallest absolute Gasteiger partial charge is 0.341 e. The molecule has 1 heterocycles. The summed E-state index contributed by atoms with van der Waals surface area (Å²) in [6.07, 6.45) is 0. The highest BCUT2D eigenvalue weighted by molar-refractivity contribution is 6.88. The first kappa shape index (κ1) is 7.27. The number of esters is 1. The van der Waals surface area contributed by atoms with E-state index in [2.05, 4.69) is 9.96 Å². The van der Waals surface area contributed by atoms with Crippen molar-refractivity contribution < 1.29 is 14.3 Å². The van der Waals surface area contributed by atoms with Gasteiger partial charge < -0.3 is 14.8 Å². The summed E-state index contributed by atoms with van der Waals surface area (Å²) in [5.74, 6) is -0.294. The summed E-state index contributed by atoms with van der Waals surface area (Å²) in [6.45, 7) is 1.49. The first-order valence-corrected chi connectivity index (χ1v) is 3.09. The third kappa shape index (κ3) is 1.57. The fraction of sp³-hybridized carbons (Fsp3) is 0.600. The summed E-state index contributed by atoms with van der Waals surface area (Å²) < 4.78 is 4.63. The molecular formula is C5H8BNO3. The zero-order valence-corrected chi connectivity index (χ0v) is 5.72. The van der Waals surface area contributed by atoms with Gasteiger partial charge in [0.05, 0.1) is 13.1 Å². The van der Waals surface area contributed by atoms with Crippen LogP contribution >= 0.6 is 0 Å². The van der Waals surface area contributed by atoms with Gasteiger partial charge in [0.2, 0.25) is 0 Å². The number of hydrogen-bond acceptors (Lipinski definition) is 4. The molecule has 1 N–H and O–H groups in total. The molecule has 4 nitrogen and oxygen atoms in total. The van der Waals surface area contributed by atoms with Crippen LogP contribution in [0.4, 0.5) is 0 Å². The van der Waals surface area contributed by atoms with Crippen LogP contribution in [0.25, 0.3) is 0 Å². The van der Waals surface area contributed by atoms with Gasteiger partial charge in [-0.25, -0.2) is 0 Å². The summed E-state index contributed by atoms with van der Waals surface area (Å²) in [7, 11) is 0. The molecule has 0 saturated carbocycles. The summed E-state index contributed by atoms with van der Waals surface area (Å²) >= 11 is 0. The quantitative estimate of drug-likeness (QED) is 0.367. The summed E-state index contributed by atoms with van der Waals surface area (Å²) in [4.78, 5) is 21.1. The van der Waals surface area contributed by atoms with Crippen LogP contribution in [0.2, 0.25) is 0 Å². The van der Waals surface area contributed by atoms with Gasteiger partial charge in [0.25, 0.3) is 0 Å². The predicted molar refractivity (Wildman–Crippen MR) is 35.4 cm³/mol. The lowest BCUT2D eigenvalue weighted by molar-refractivity contribution is -0.141. The molecule has 1 saturated heterocycles. The van der Waals surface area contributed by atoms with E-state index in [-0.39, 0.29) is 31.6 Å². The molecule has 0 aliphatic carbocycles. The molecule has 0 spiro atoms. The van der Waals surface area contributed by atoms with Crippen molar-refractivity contribution in [1.29, 1.82) is 0 Å².